The van der Waals surface area contributed by atoms with Gasteiger partial charge < -0.3 is 14.0 Å². The Hall–Kier alpha value is -0.710. The molecule has 18 heavy (non-hydrogen) atoms. The van der Waals surface area contributed by atoms with Crippen molar-refractivity contribution in [2.45, 2.75) is 26.1 Å². The van der Waals surface area contributed by atoms with E-state index in [0.29, 0.717) is 0 Å². The van der Waals surface area contributed by atoms with E-state index >= 15 is 0 Å². The normalized spacial score (nSPS) is 15.7. The van der Waals surface area contributed by atoms with E-state index in [-0.39, 0.29) is 37.9 Å². The van der Waals surface area contributed by atoms with Crippen LogP contribution in [0.4, 0.5) is 8.39 Å². The third-order valence-corrected chi connectivity index (χ3v) is 2.39. The van der Waals surface area contributed by atoms with Crippen LogP contribution < -0.4 is 0 Å². The zero-order valence-corrected chi connectivity index (χ0v) is 11.3. The maximum atomic E-state index is 12.0. The molecule has 0 N–H and O–H groups in total. The van der Waals surface area contributed by atoms with E-state index < -0.39 is 8.77 Å². The third kappa shape index (κ3) is 9.33. The molecule has 0 radical (unpaired) electrons. The predicted molar refractivity (Wildman–Crippen MR) is 67.1 cm³/mol. The van der Waals surface area contributed by atoms with Crippen LogP contribution in [0.25, 0.3) is 0 Å². The second-order valence-electron chi connectivity index (χ2n) is 3.65. The van der Waals surface area contributed by atoms with Crippen LogP contribution in [-0.2, 0) is 14.0 Å². The summed E-state index contributed by atoms with van der Waals surface area (Å²) >= 11 is 0. The molecule has 0 saturated heterocycles. The zero-order valence-electron chi connectivity index (χ0n) is 10.4. The van der Waals surface area contributed by atoms with Gasteiger partial charge in [0.05, 0.1) is 19.8 Å². The van der Waals surface area contributed by atoms with Crippen LogP contribution in [0.2, 0.25) is 0 Å². The van der Waals surface area contributed by atoms with Crippen LogP contribution in [0.15, 0.2) is 0 Å². The zero-order chi connectivity index (χ0) is 14.0. The molecule has 0 spiro atoms. The molecular weight excluding hydrogens is 261 g/mol. The van der Waals surface area contributed by atoms with Crippen molar-refractivity contribution in [2.75, 3.05) is 19.8 Å². The molecule has 0 aliphatic heterocycles. The van der Waals surface area contributed by atoms with Crippen LogP contribution in [-0.4, -0.2) is 32.0 Å². The maximum absolute atomic E-state index is 12.0. The minimum Gasteiger partial charge on any atom is -0.365 e. The van der Waals surface area contributed by atoms with Crippen molar-refractivity contribution in [3.63, 3.8) is 0 Å². The summed E-state index contributed by atoms with van der Waals surface area (Å²) in [5, 5.41) is 0. The molecule has 0 bridgehead atoms. The van der Waals surface area contributed by atoms with Crippen molar-refractivity contribution in [3.8, 4) is 24.7 Å². The van der Waals surface area contributed by atoms with Gasteiger partial charge in [-0.15, -0.1) is 12.8 Å². The van der Waals surface area contributed by atoms with Gasteiger partial charge in [-0.2, -0.15) is 8.39 Å². The number of hydrogen-bond donors (Lipinski definition) is 0. The quantitative estimate of drug-likeness (QED) is 0.479. The number of ether oxygens (including phenoxy) is 2. The van der Waals surface area contributed by atoms with Crippen molar-refractivity contribution >= 4 is 8.77 Å². The highest BCUT2D eigenvalue weighted by Gasteiger charge is 2.16. The monoisotopic (exact) mass is 278 g/mol. The Balaban J connectivity index is 4.08. The van der Waals surface area contributed by atoms with E-state index in [1.807, 2.05) is 0 Å². The Kier molecular flexibility index (Phi) is 9.83. The van der Waals surface area contributed by atoms with Gasteiger partial charge in [-0.3, -0.25) is 0 Å². The lowest BCUT2D eigenvalue weighted by molar-refractivity contribution is -0.000365. The average Bonchev–Trinajstić information content (AvgIpc) is 2.36. The molecule has 0 rings (SSSR count). The standard InChI is InChI=1S/C12H17F2O3P/c1-5-10(3)15-7-12(9-17-18(13)14)8-16-11(4)6-2/h1-2,10-12H,7-9H2,3-4H3. The highest BCUT2D eigenvalue weighted by Crippen LogP contribution is 2.40. The Morgan fingerprint density at radius 1 is 1.00 bits per heavy atom. The first kappa shape index (κ1) is 17.3. The van der Waals surface area contributed by atoms with Gasteiger partial charge in [-0.05, 0) is 13.8 Å². The molecule has 0 aromatic heterocycles. The maximum Gasteiger partial charge on any atom is 0.415 e. The van der Waals surface area contributed by atoms with E-state index in [1.54, 1.807) is 13.8 Å². The molecule has 2 unspecified atom stereocenters. The SMILES string of the molecule is C#CC(C)OCC(COC(C)C#C)COP(F)F. The second kappa shape index (κ2) is 10.2. The summed E-state index contributed by atoms with van der Waals surface area (Å²) in [6.45, 7) is 3.62. The number of hydrogen-bond acceptors (Lipinski definition) is 3. The lowest BCUT2D eigenvalue weighted by Gasteiger charge is -2.19. The number of halogens is 2. The van der Waals surface area contributed by atoms with Crippen LogP contribution in [0.5, 0.6) is 0 Å². The van der Waals surface area contributed by atoms with Crippen LogP contribution >= 0.6 is 8.77 Å². The van der Waals surface area contributed by atoms with Crippen molar-refractivity contribution in [1.29, 1.82) is 0 Å². The minimum atomic E-state index is -3.38. The minimum absolute atomic E-state index is 0.146. The van der Waals surface area contributed by atoms with Gasteiger partial charge in [-0.1, -0.05) is 11.8 Å². The smallest absolute Gasteiger partial charge is 0.365 e. The molecular formula is C12H17F2O3P. The van der Waals surface area contributed by atoms with E-state index in [9.17, 15) is 8.39 Å². The molecule has 0 fully saturated rings. The van der Waals surface area contributed by atoms with Crippen LogP contribution in [0.1, 0.15) is 13.8 Å². The highest BCUT2D eigenvalue weighted by molar-refractivity contribution is 7.40. The van der Waals surface area contributed by atoms with Crippen molar-refractivity contribution in [3.05, 3.63) is 0 Å². The summed E-state index contributed by atoms with van der Waals surface area (Å²) in [6, 6.07) is 0. The third-order valence-electron chi connectivity index (χ3n) is 2.04. The van der Waals surface area contributed by atoms with Crippen molar-refractivity contribution in [2.24, 2.45) is 5.92 Å². The number of rotatable bonds is 9. The molecule has 2 atom stereocenters. The molecule has 3 nitrogen and oxygen atoms in total. The van der Waals surface area contributed by atoms with Gasteiger partial charge in [-0.25, -0.2) is 0 Å². The summed E-state index contributed by atoms with van der Waals surface area (Å²) in [4.78, 5) is 0. The van der Waals surface area contributed by atoms with Gasteiger partial charge in [0.2, 0.25) is 0 Å². The van der Waals surface area contributed by atoms with Crippen LogP contribution in [0.3, 0.4) is 0 Å². The Morgan fingerprint density at radius 2 is 1.44 bits per heavy atom. The Morgan fingerprint density at radius 3 is 1.78 bits per heavy atom. The molecule has 0 aliphatic carbocycles. The summed E-state index contributed by atoms with van der Waals surface area (Å²) in [5.74, 6) is 4.44. The van der Waals surface area contributed by atoms with Gasteiger partial charge in [0.25, 0.3) is 0 Å². The average molecular weight is 278 g/mol. The molecule has 0 aromatic rings. The van der Waals surface area contributed by atoms with Crippen molar-refractivity contribution < 1.29 is 22.4 Å². The highest BCUT2D eigenvalue weighted by atomic mass is 31.2. The lowest BCUT2D eigenvalue weighted by Crippen LogP contribution is -2.24. The molecule has 0 aliphatic rings. The molecule has 0 aromatic carbocycles. The fraction of sp³-hybridized carbons (Fsp3) is 0.667. The molecule has 102 valence electrons. The Bertz CT molecular complexity index is 275. The van der Waals surface area contributed by atoms with Gasteiger partial charge >= 0.3 is 8.77 Å². The predicted octanol–water partition coefficient (Wildman–Crippen LogP) is 2.86. The summed E-state index contributed by atoms with van der Waals surface area (Å²) in [5.41, 5.74) is 0. The van der Waals surface area contributed by atoms with Gasteiger partial charge in [0.1, 0.15) is 12.2 Å². The van der Waals surface area contributed by atoms with E-state index in [4.69, 9.17) is 22.3 Å². The molecule has 6 heteroatoms. The molecule has 0 amide bonds. The summed E-state index contributed by atoms with van der Waals surface area (Å²) in [6.07, 6.45) is 9.53. The van der Waals surface area contributed by atoms with Gasteiger partial charge in [0, 0.05) is 5.92 Å². The Labute approximate surface area is 108 Å². The van der Waals surface area contributed by atoms with E-state index in [1.165, 1.54) is 0 Å². The first-order chi connectivity index (χ1) is 8.49. The second-order valence-corrected chi connectivity index (χ2v) is 4.31. The van der Waals surface area contributed by atoms with E-state index in [0.717, 1.165) is 0 Å². The van der Waals surface area contributed by atoms with E-state index in [2.05, 4.69) is 16.4 Å². The molecule has 0 saturated carbocycles. The van der Waals surface area contributed by atoms with Crippen LogP contribution in [0, 0.1) is 30.6 Å². The topological polar surface area (TPSA) is 27.7 Å². The summed E-state index contributed by atoms with van der Waals surface area (Å²) in [7, 11) is -3.38. The first-order valence-electron chi connectivity index (χ1n) is 5.39. The lowest BCUT2D eigenvalue weighted by atomic mass is 10.2. The summed E-state index contributed by atoms with van der Waals surface area (Å²) < 4.78 is 38.9. The molecule has 0 heterocycles. The number of terminal acetylenes is 2. The van der Waals surface area contributed by atoms with Gasteiger partial charge in [0.15, 0.2) is 0 Å². The fourth-order valence-electron chi connectivity index (χ4n) is 0.963. The van der Waals surface area contributed by atoms with Crippen molar-refractivity contribution in [1.82, 2.24) is 0 Å². The fourth-order valence-corrected chi connectivity index (χ4v) is 1.29. The largest absolute Gasteiger partial charge is 0.415 e. The first-order valence-corrected chi connectivity index (χ1v) is 6.43.